The number of phenolic OH excluding ortho intramolecular Hbond substituents is 1. The molecule has 2 aromatic rings. The monoisotopic (exact) mass is 258 g/mol. The van der Waals surface area contributed by atoms with E-state index < -0.39 is 0 Å². The summed E-state index contributed by atoms with van der Waals surface area (Å²) in [5, 5.41) is 21.5. The van der Waals surface area contributed by atoms with Gasteiger partial charge in [0, 0.05) is 17.6 Å². The molecule has 0 radical (unpaired) electrons. The van der Waals surface area contributed by atoms with E-state index in [1.165, 1.54) is 5.56 Å². The zero-order valence-electron chi connectivity index (χ0n) is 11.9. The van der Waals surface area contributed by atoms with Gasteiger partial charge >= 0.3 is 0 Å². The zero-order valence-corrected chi connectivity index (χ0v) is 11.9. The van der Waals surface area contributed by atoms with E-state index in [1.807, 2.05) is 24.3 Å². The Morgan fingerprint density at radius 3 is 2.26 bits per heavy atom. The topological polar surface area (TPSA) is 40.5 Å². The normalized spacial score (nSPS) is 12.0. The standard InChI is InChI=1S/C17H22O2/c1-17(2,3)15-11-12(7-6-10-18)13-8-4-5-9-14(13)16(15)19/h4-5,8-9,11,18-19H,6-7,10H2,1-3H3. The van der Waals surface area contributed by atoms with Crippen LogP contribution in [0.15, 0.2) is 30.3 Å². The molecule has 0 bridgehead atoms. The molecular weight excluding hydrogens is 236 g/mol. The highest BCUT2D eigenvalue weighted by Crippen LogP contribution is 2.38. The van der Waals surface area contributed by atoms with Crippen molar-refractivity contribution >= 4 is 10.8 Å². The van der Waals surface area contributed by atoms with Crippen LogP contribution in [0.2, 0.25) is 0 Å². The first kappa shape index (κ1) is 13.9. The average molecular weight is 258 g/mol. The van der Waals surface area contributed by atoms with E-state index in [0.29, 0.717) is 5.75 Å². The van der Waals surface area contributed by atoms with Crippen LogP contribution in [0.1, 0.15) is 38.3 Å². The molecule has 0 spiro atoms. The van der Waals surface area contributed by atoms with E-state index >= 15 is 0 Å². The molecule has 0 aliphatic rings. The maximum absolute atomic E-state index is 10.5. The lowest BCUT2D eigenvalue weighted by atomic mass is 9.83. The molecule has 2 heteroatoms. The summed E-state index contributed by atoms with van der Waals surface area (Å²) in [6.07, 6.45) is 1.58. The van der Waals surface area contributed by atoms with Crippen molar-refractivity contribution in [3.63, 3.8) is 0 Å². The lowest BCUT2D eigenvalue weighted by molar-refractivity contribution is 0.288. The summed E-state index contributed by atoms with van der Waals surface area (Å²) < 4.78 is 0. The van der Waals surface area contributed by atoms with E-state index in [9.17, 15) is 5.11 Å². The molecule has 0 saturated heterocycles. The van der Waals surface area contributed by atoms with Crippen molar-refractivity contribution < 1.29 is 10.2 Å². The third-order valence-electron chi connectivity index (χ3n) is 3.51. The maximum atomic E-state index is 10.5. The van der Waals surface area contributed by atoms with Gasteiger partial charge in [-0.2, -0.15) is 0 Å². The molecule has 19 heavy (non-hydrogen) atoms. The van der Waals surface area contributed by atoms with Crippen molar-refractivity contribution in [2.45, 2.75) is 39.0 Å². The Labute approximate surface area is 114 Å². The Kier molecular flexibility index (Phi) is 3.81. The van der Waals surface area contributed by atoms with Crippen molar-refractivity contribution in [3.05, 3.63) is 41.5 Å². The van der Waals surface area contributed by atoms with Crippen molar-refractivity contribution in [2.75, 3.05) is 6.61 Å². The molecule has 0 aliphatic heterocycles. The second kappa shape index (κ2) is 5.22. The van der Waals surface area contributed by atoms with Crippen molar-refractivity contribution in [1.29, 1.82) is 0 Å². The Balaban J connectivity index is 2.69. The van der Waals surface area contributed by atoms with E-state index in [2.05, 4.69) is 26.8 Å². The number of fused-ring (bicyclic) bond motifs is 1. The fourth-order valence-corrected chi connectivity index (χ4v) is 2.48. The predicted molar refractivity (Wildman–Crippen MR) is 79.7 cm³/mol. The molecule has 0 unspecified atom stereocenters. The molecule has 102 valence electrons. The van der Waals surface area contributed by atoms with E-state index in [0.717, 1.165) is 29.2 Å². The van der Waals surface area contributed by atoms with Crippen LogP contribution in [-0.2, 0) is 11.8 Å². The van der Waals surface area contributed by atoms with Gasteiger partial charge in [0.15, 0.2) is 0 Å². The Bertz CT molecular complexity index is 580. The van der Waals surface area contributed by atoms with Crippen LogP contribution in [0.3, 0.4) is 0 Å². The zero-order chi connectivity index (χ0) is 14.0. The van der Waals surface area contributed by atoms with Gasteiger partial charge in [0.2, 0.25) is 0 Å². The smallest absolute Gasteiger partial charge is 0.127 e. The molecule has 0 heterocycles. The van der Waals surface area contributed by atoms with E-state index in [4.69, 9.17) is 5.11 Å². The number of aromatic hydroxyl groups is 1. The fraction of sp³-hybridized carbons (Fsp3) is 0.412. The van der Waals surface area contributed by atoms with Gasteiger partial charge in [-0.15, -0.1) is 0 Å². The number of hydrogen-bond donors (Lipinski definition) is 2. The number of benzene rings is 2. The Morgan fingerprint density at radius 2 is 1.68 bits per heavy atom. The minimum absolute atomic E-state index is 0.0952. The Morgan fingerprint density at radius 1 is 1.05 bits per heavy atom. The average Bonchev–Trinajstić information content (AvgIpc) is 2.37. The lowest BCUT2D eigenvalue weighted by Gasteiger charge is -2.23. The molecule has 2 nitrogen and oxygen atoms in total. The van der Waals surface area contributed by atoms with Crippen molar-refractivity contribution in [3.8, 4) is 5.75 Å². The fourth-order valence-electron chi connectivity index (χ4n) is 2.48. The molecule has 0 fully saturated rings. The third-order valence-corrected chi connectivity index (χ3v) is 3.51. The van der Waals surface area contributed by atoms with Gasteiger partial charge < -0.3 is 10.2 Å². The van der Waals surface area contributed by atoms with Crippen LogP contribution >= 0.6 is 0 Å². The molecule has 2 rings (SSSR count). The summed E-state index contributed by atoms with van der Waals surface area (Å²) >= 11 is 0. The van der Waals surface area contributed by atoms with Gasteiger partial charge in [0.1, 0.15) is 5.75 Å². The first-order chi connectivity index (χ1) is 8.95. The summed E-state index contributed by atoms with van der Waals surface area (Å²) in [7, 11) is 0. The number of hydrogen-bond acceptors (Lipinski definition) is 2. The molecule has 0 saturated carbocycles. The van der Waals surface area contributed by atoms with Gasteiger partial charge in [-0.05, 0) is 29.2 Å². The predicted octanol–water partition coefficient (Wildman–Crippen LogP) is 3.77. The van der Waals surface area contributed by atoms with Crippen molar-refractivity contribution in [2.24, 2.45) is 0 Å². The molecular formula is C17H22O2. The summed E-state index contributed by atoms with van der Waals surface area (Å²) in [5.74, 6) is 0.385. The van der Waals surface area contributed by atoms with Gasteiger partial charge in [-0.25, -0.2) is 0 Å². The second-order valence-electron chi connectivity index (χ2n) is 6.05. The van der Waals surface area contributed by atoms with E-state index in [-0.39, 0.29) is 12.0 Å². The second-order valence-corrected chi connectivity index (χ2v) is 6.05. The maximum Gasteiger partial charge on any atom is 0.127 e. The van der Waals surface area contributed by atoms with Crippen LogP contribution in [0, 0.1) is 0 Å². The summed E-state index contributed by atoms with van der Waals surface area (Å²) in [6.45, 7) is 6.51. The van der Waals surface area contributed by atoms with Crippen LogP contribution in [0.5, 0.6) is 5.75 Å². The van der Waals surface area contributed by atoms with Crippen LogP contribution in [0.4, 0.5) is 0 Å². The van der Waals surface area contributed by atoms with Crippen LogP contribution in [0.25, 0.3) is 10.8 Å². The molecule has 0 atom stereocenters. The minimum Gasteiger partial charge on any atom is -0.507 e. The van der Waals surface area contributed by atoms with Gasteiger partial charge in [-0.3, -0.25) is 0 Å². The number of aryl methyl sites for hydroxylation is 1. The highest BCUT2D eigenvalue weighted by Gasteiger charge is 2.21. The number of rotatable bonds is 3. The quantitative estimate of drug-likeness (QED) is 0.880. The SMILES string of the molecule is CC(C)(C)c1cc(CCCO)c2ccccc2c1O. The first-order valence-corrected chi connectivity index (χ1v) is 6.80. The van der Waals surface area contributed by atoms with Gasteiger partial charge in [0.05, 0.1) is 0 Å². The number of aliphatic hydroxyl groups is 1. The summed E-state index contributed by atoms with van der Waals surface area (Å²) in [6, 6.07) is 10.0. The third kappa shape index (κ3) is 2.74. The molecule has 2 aromatic carbocycles. The van der Waals surface area contributed by atoms with Gasteiger partial charge in [-0.1, -0.05) is 51.1 Å². The number of aliphatic hydroxyl groups excluding tert-OH is 1. The minimum atomic E-state index is -0.0952. The number of phenols is 1. The summed E-state index contributed by atoms with van der Waals surface area (Å²) in [5.41, 5.74) is 2.08. The largest absolute Gasteiger partial charge is 0.507 e. The lowest BCUT2D eigenvalue weighted by Crippen LogP contribution is -2.12. The molecule has 0 amide bonds. The first-order valence-electron chi connectivity index (χ1n) is 6.80. The summed E-state index contributed by atoms with van der Waals surface area (Å²) in [4.78, 5) is 0. The molecule has 2 N–H and O–H groups in total. The highest BCUT2D eigenvalue weighted by molar-refractivity contribution is 5.92. The van der Waals surface area contributed by atoms with Crippen LogP contribution < -0.4 is 0 Å². The van der Waals surface area contributed by atoms with E-state index in [1.54, 1.807) is 0 Å². The molecule has 0 aliphatic carbocycles. The van der Waals surface area contributed by atoms with Gasteiger partial charge in [0.25, 0.3) is 0 Å². The highest BCUT2D eigenvalue weighted by atomic mass is 16.3. The van der Waals surface area contributed by atoms with Crippen LogP contribution in [-0.4, -0.2) is 16.8 Å². The molecule has 0 aromatic heterocycles. The Hall–Kier alpha value is -1.54. The van der Waals surface area contributed by atoms with Crippen molar-refractivity contribution in [1.82, 2.24) is 0 Å².